The number of halogens is 3. The molecule has 100 valence electrons. The van der Waals surface area contributed by atoms with Crippen molar-refractivity contribution in [2.45, 2.75) is 38.2 Å². The topological polar surface area (TPSA) is 29.5 Å². The standard InChI is InChI=1S/C11H18BrF2NO2/c12-7-9-3-1-2-5-15(9)11(16)4-6-17-8-10(13)14/h9-10H,1-8H2. The summed E-state index contributed by atoms with van der Waals surface area (Å²) in [6.07, 6.45) is 0.899. The van der Waals surface area contributed by atoms with Gasteiger partial charge in [-0.3, -0.25) is 4.79 Å². The summed E-state index contributed by atoms with van der Waals surface area (Å²) in [6, 6.07) is 0.242. The number of hydrogen-bond donors (Lipinski definition) is 0. The summed E-state index contributed by atoms with van der Waals surface area (Å²) in [5.41, 5.74) is 0. The highest BCUT2D eigenvalue weighted by molar-refractivity contribution is 9.09. The maximum absolute atomic E-state index is 11.8. The number of carbonyl (C=O) groups is 1. The van der Waals surface area contributed by atoms with Gasteiger partial charge in [0, 0.05) is 17.9 Å². The van der Waals surface area contributed by atoms with E-state index in [4.69, 9.17) is 4.74 Å². The molecule has 1 aliphatic heterocycles. The summed E-state index contributed by atoms with van der Waals surface area (Å²) >= 11 is 3.40. The van der Waals surface area contributed by atoms with Crippen LogP contribution < -0.4 is 0 Å². The molecule has 1 aliphatic rings. The molecule has 1 rings (SSSR count). The number of amides is 1. The van der Waals surface area contributed by atoms with Crippen LogP contribution in [0.4, 0.5) is 8.78 Å². The van der Waals surface area contributed by atoms with E-state index in [0.717, 1.165) is 31.1 Å². The van der Waals surface area contributed by atoms with E-state index >= 15 is 0 Å². The van der Waals surface area contributed by atoms with Gasteiger partial charge in [-0.15, -0.1) is 0 Å². The van der Waals surface area contributed by atoms with E-state index < -0.39 is 13.0 Å². The summed E-state index contributed by atoms with van der Waals surface area (Å²) in [6.45, 7) is 0.258. The van der Waals surface area contributed by atoms with E-state index in [1.165, 1.54) is 0 Å². The van der Waals surface area contributed by atoms with Crippen LogP contribution in [0.25, 0.3) is 0 Å². The Morgan fingerprint density at radius 1 is 1.47 bits per heavy atom. The van der Waals surface area contributed by atoms with Crippen LogP contribution in [-0.4, -0.2) is 48.4 Å². The lowest BCUT2D eigenvalue weighted by Gasteiger charge is -2.34. The fourth-order valence-electron chi connectivity index (χ4n) is 1.96. The first-order valence-corrected chi connectivity index (χ1v) is 6.98. The minimum atomic E-state index is -2.46. The maximum atomic E-state index is 11.8. The minimum absolute atomic E-state index is 0.00316. The second-order valence-corrected chi connectivity index (χ2v) is 4.75. The first-order valence-electron chi connectivity index (χ1n) is 5.86. The molecular weight excluding hydrogens is 296 g/mol. The van der Waals surface area contributed by atoms with E-state index in [9.17, 15) is 13.6 Å². The monoisotopic (exact) mass is 313 g/mol. The fraction of sp³-hybridized carbons (Fsp3) is 0.909. The Kier molecular flexibility index (Phi) is 6.96. The van der Waals surface area contributed by atoms with Gasteiger partial charge in [-0.2, -0.15) is 0 Å². The van der Waals surface area contributed by atoms with Crippen LogP contribution in [0.1, 0.15) is 25.7 Å². The third-order valence-electron chi connectivity index (χ3n) is 2.83. The van der Waals surface area contributed by atoms with Gasteiger partial charge in [-0.25, -0.2) is 8.78 Å². The van der Waals surface area contributed by atoms with Gasteiger partial charge < -0.3 is 9.64 Å². The molecule has 0 bridgehead atoms. The number of rotatable bonds is 6. The van der Waals surface area contributed by atoms with E-state index in [1.54, 1.807) is 0 Å². The number of likely N-dealkylation sites (tertiary alicyclic amines) is 1. The number of piperidine rings is 1. The smallest absolute Gasteiger partial charge is 0.261 e. The number of carbonyl (C=O) groups excluding carboxylic acids is 1. The quantitative estimate of drug-likeness (QED) is 0.557. The van der Waals surface area contributed by atoms with Crippen LogP contribution in [0.5, 0.6) is 0 Å². The van der Waals surface area contributed by atoms with Crippen molar-refractivity contribution in [3.63, 3.8) is 0 Å². The molecule has 0 N–H and O–H groups in total. The molecule has 1 unspecified atom stereocenters. The molecule has 0 aromatic heterocycles. The van der Waals surface area contributed by atoms with Crippen molar-refractivity contribution >= 4 is 21.8 Å². The number of nitrogens with zero attached hydrogens (tertiary/aromatic N) is 1. The molecule has 0 radical (unpaired) electrons. The van der Waals surface area contributed by atoms with Crippen LogP contribution >= 0.6 is 15.9 Å². The Hall–Kier alpha value is -0.230. The van der Waals surface area contributed by atoms with Crippen molar-refractivity contribution in [1.82, 2.24) is 4.90 Å². The first kappa shape index (κ1) is 14.8. The predicted molar refractivity (Wildman–Crippen MR) is 64.6 cm³/mol. The summed E-state index contributed by atoms with van der Waals surface area (Å²) in [5.74, 6) is 0.00316. The molecular formula is C11H18BrF2NO2. The van der Waals surface area contributed by atoms with Gasteiger partial charge in [-0.05, 0) is 19.3 Å². The zero-order valence-corrected chi connectivity index (χ0v) is 11.3. The largest absolute Gasteiger partial charge is 0.375 e. The molecule has 1 fully saturated rings. The minimum Gasteiger partial charge on any atom is -0.375 e. The fourth-order valence-corrected chi connectivity index (χ4v) is 2.64. The second-order valence-electron chi connectivity index (χ2n) is 4.11. The molecule has 17 heavy (non-hydrogen) atoms. The number of ether oxygens (including phenoxy) is 1. The Morgan fingerprint density at radius 2 is 2.24 bits per heavy atom. The van der Waals surface area contributed by atoms with Gasteiger partial charge in [-0.1, -0.05) is 15.9 Å². The number of hydrogen-bond acceptors (Lipinski definition) is 2. The summed E-state index contributed by atoms with van der Waals surface area (Å²) in [4.78, 5) is 13.7. The molecule has 1 amide bonds. The summed E-state index contributed by atoms with van der Waals surface area (Å²) in [7, 11) is 0. The Labute approximate surface area is 109 Å². The predicted octanol–water partition coefficient (Wildman–Crippen LogP) is 2.43. The van der Waals surface area contributed by atoms with Crippen LogP contribution in [0.3, 0.4) is 0 Å². The third kappa shape index (κ3) is 5.29. The highest BCUT2D eigenvalue weighted by Crippen LogP contribution is 2.19. The maximum Gasteiger partial charge on any atom is 0.261 e. The molecule has 0 saturated carbocycles. The van der Waals surface area contributed by atoms with Crippen molar-refractivity contribution in [3.05, 3.63) is 0 Å². The van der Waals surface area contributed by atoms with Crippen LogP contribution in [-0.2, 0) is 9.53 Å². The third-order valence-corrected chi connectivity index (χ3v) is 3.58. The van der Waals surface area contributed by atoms with Crippen molar-refractivity contribution < 1.29 is 18.3 Å². The molecule has 0 aromatic rings. The molecule has 0 spiro atoms. The van der Waals surface area contributed by atoms with Crippen molar-refractivity contribution in [3.8, 4) is 0 Å². The molecule has 6 heteroatoms. The van der Waals surface area contributed by atoms with Gasteiger partial charge in [0.2, 0.25) is 5.91 Å². The first-order chi connectivity index (χ1) is 8.15. The summed E-state index contributed by atoms with van der Waals surface area (Å²) < 4.78 is 28.3. The van der Waals surface area contributed by atoms with Crippen molar-refractivity contribution in [2.75, 3.05) is 25.1 Å². The van der Waals surface area contributed by atoms with Crippen LogP contribution in [0, 0.1) is 0 Å². The van der Waals surface area contributed by atoms with Crippen LogP contribution in [0.15, 0.2) is 0 Å². The molecule has 0 aliphatic carbocycles. The summed E-state index contributed by atoms with van der Waals surface area (Å²) in [5, 5.41) is 0.774. The average molecular weight is 314 g/mol. The van der Waals surface area contributed by atoms with Gasteiger partial charge in [0.05, 0.1) is 13.0 Å². The van der Waals surface area contributed by atoms with Crippen molar-refractivity contribution in [2.24, 2.45) is 0 Å². The highest BCUT2D eigenvalue weighted by atomic mass is 79.9. The van der Waals surface area contributed by atoms with Crippen molar-refractivity contribution in [1.29, 1.82) is 0 Å². The zero-order valence-electron chi connectivity index (χ0n) is 9.71. The van der Waals surface area contributed by atoms with E-state index in [-0.39, 0.29) is 25.0 Å². The van der Waals surface area contributed by atoms with Crippen LogP contribution in [0.2, 0.25) is 0 Å². The Balaban J connectivity index is 2.25. The lowest BCUT2D eigenvalue weighted by Crippen LogP contribution is -2.44. The van der Waals surface area contributed by atoms with E-state index in [2.05, 4.69) is 15.9 Å². The van der Waals surface area contributed by atoms with Gasteiger partial charge >= 0.3 is 0 Å². The molecule has 1 heterocycles. The van der Waals surface area contributed by atoms with E-state index in [0.29, 0.717) is 0 Å². The van der Waals surface area contributed by atoms with Gasteiger partial charge in [0.25, 0.3) is 6.43 Å². The number of alkyl halides is 3. The van der Waals surface area contributed by atoms with E-state index in [1.807, 2.05) is 4.90 Å². The van der Waals surface area contributed by atoms with Gasteiger partial charge in [0.1, 0.15) is 6.61 Å². The Bertz CT molecular complexity index is 242. The zero-order chi connectivity index (χ0) is 12.7. The Morgan fingerprint density at radius 3 is 2.88 bits per heavy atom. The lowest BCUT2D eigenvalue weighted by molar-refractivity contribution is -0.135. The lowest BCUT2D eigenvalue weighted by atomic mass is 10.0. The average Bonchev–Trinajstić information content (AvgIpc) is 2.34. The second kappa shape index (κ2) is 7.97. The molecule has 0 aromatic carbocycles. The molecule has 1 saturated heterocycles. The molecule has 3 nitrogen and oxygen atoms in total. The molecule has 1 atom stereocenters. The SMILES string of the molecule is O=C(CCOCC(F)F)N1CCCCC1CBr. The highest BCUT2D eigenvalue weighted by Gasteiger charge is 2.25. The van der Waals surface area contributed by atoms with Gasteiger partial charge in [0.15, 0.2) is 0 Å². The normalized spacial score (nSPS) is 20.9.